The first-order valence-corrected chi connectivity index (χ1v) is 4.99. The van der Waals surface area contributed by atoms with E-state index in [0.29, 0.717) is 11.6 Å². The molecule has 0 spiro atoms. The summed E-state index contributed by atoms with van der Waals surface area (Å²) in [4.78, 5) is 3.21. The number of hydrogen-bond donors (Lipinski definition) is 2. The quantitative estimate of drug-likeness (QED) is 0.781. The van der Waals surface area contributed by atoms with Gasteiger partial charge in [0.05, 0.1) is 0 Å². The van der Waals surface area contributed by atoms with Crippen molar-refractivity contribution in [1.82, 2.24) is 4.98 Å². The van der Waals surface area contributed by atoms with Gasteiger partial charge in [-0.05, 0) is 19.9 Å². The standard InChI is InChI=1S/C12H13N3/c1-8(2)14-12-10(7-13)9-5-3-4-6-11(9)15-12/h3-6,8,14-15H,1-2H3. The van der Waals surface area contributed by atoms with E-state index in [1.54, 1.807) is 0 Å². The molecular weight excluding hydrogens is 186 g/mol. The first-order chi connectivity index (χ1) is 7.22. The number of rotatable bonds is 2. The van der Waals surface area contributed by atoms with Crippen LogP contribution in [-0.4, -0.2) is 11.0 Å². The zero-order valence-electron chi connectivity index (χ0n) is 8.83. The van der Waals surface area contributed by atoms with Gasteiger partial charge in [0, 0.05) is 16.9 Å². The van der Waals surface area contributed by atoms with Gasteiger partial charge in [0.15, 0.2) is 0 Å². The van der Waals surface area contributed by atoms with Gasteiger partial charge in [-0.15, -0.1) is 0 Å². The number of benzene rings is 1. The molecule has 0 unspecified atom stereocenters. The molecule has 2 N–H and O–H groups in total. The van der Waals surface area contributed by atoms with Crippen molar-refractivity contribution < 1.29 is 0 Å². The van der Waals surface area contributed by atoms with Crippen LogP contribution >= 0.6 is 0 Å². The van der Waals surface area contributed by atoms with Crippen molar-refractivity contribution in [2.45, 2.75) is 19.9 Å². The molecule has 0 amide bonds. The normalized spacial score (nSPS) is 10.5. The number of para-hydroxylation sites is 1. The highest BCUT2D eigenvalue weighted by Gasteiger charge is 2.10. The molecule has 15 heavy (non-hydrogen) atoms. The molecule has 2 rings (SSSR count). The van der Waals surface area contributed by atoms with Gasteiger partial charge in [0.25, 0.3) is 0 Å². The molecule has 0 bridgehead atoms. The Labute approximate surface area is 88.7 Å². The maximum atomic E-state index is 9.11. The smallest absolute Gasteiger partial charge is 0.122 e. The molecular formula is C12H13N3. The molecule has 0 saturated carbocycles. The van der Waals surface area contributed by atoms with Crippen LogP contribution in [0.5, 0.6) is 0 Å². The van der Waals surface area contributed by atoms with E-state index in [0.717, 1.165) is 16.7 Å². The molecule has 3 nitrogen and oxygen atoms in total. The number of aromatic nitrogens is 1. The van der Waals surface area contributed by atoms with Crippen LogP contribution in [0, 0.1) is 11.3 Å². The van der Waals surface area contributed by atoms with E-state index in [1.807, 2.05) is 38.1 Å². The van der Waals surface area contributed by atoms with E-state index < -0.39 is 0 Å². The lowest BCUT2D eigenvalue weighted by molar-refractivity contribution is 0.892. The third-order valence-electron chi connectivity index (χ3n) is 2.25. The van der Waals surface area contributed by atoms with Crippen molar-refractivity contribution >= 4 is 16.7 Å². The third-order valence-corrected chi connectivity index (χ3v) is 2.25. The van der Waals surface area contributed by atoms with Crippen molar-refractivity contribution in [2.75, 3.05) is 5.32 Å². The molecule has 1 heterocycles. The van der Waals surface area contributed by atoms with Gasteiger partial charge in [-0.25, -0.2) is 0 Å². The van der Waals surface area contributed by atoms with Crippen molar-refractivity contribution in [3.05, 3.63) is 29.8 Å². The summed E-state index contributed by atoms with van der Waals surface area (Å²) in [7, 11) is 0. The Hall–Kier alpha value is -1.95. The first-order valence-electron chi connectivity index (χ1n) is 4.99. The van der Waals surface area contributed by atoms with Crippen LogP contribution in [0.4, 0.5) is 5.82 Å². The predicted octanol–water partition coefficient (Wildman–Crippen LogP) is 2.86. The van der Waals surface area contributed by atoms with Gasteiger partial charge in [-0.3, -0.25) is 0 Å². The minimum atomic E-state index is 0.310. The van der Waals surface area contributed by atoms with Crippen molar-refractivity contribution in [3.8, 4) is 6.07 Å². The second kappa shape index (κ2) is 3.66. The summed E-state index contributed by atoms with van der Waals surface area (Å²) in [6, 6.07) is 10.4. The van der Waals surface area contributed by atoms with Crippen molar-refractivity contribution in [1.29, 1.82) is 5.26 Å². The Balaban J connectivity index is 2.60. The zero-order chi connectivity index (χ0) is 10.8. The van der Waals surface area contributed by atoms with Crippen molar-refractivity contribution in [2.24, 2.45) is 0 Å². The fraction of sp³-hybridized carbons (Fsp3) is 0.250. The third kappa shape index (κ3) is 1.66. The van der Waals surface area contributed by atoms with Gasteiger partial charge in [0.1, 0.15) is 17.5 Å². The topological polar surface area (TPSA) is 51.6 Å². The second-order valence-corrected chi connectivity index (χ2v) is 3.83. The Bertz CT molecular complexity index is 517. The van der Waals surface area contributed by atoms with Crippen LogP contribution in [0.15, 0.2) is 24.3 Å². The van der Waals surface area contributed by atoms with E-state index >= 15 is 0 Å². The summed E-state index contributed by atoms with van der Waals surface area (Å²) in [5.74, 6) is 0.814. The first kappa shape index (κ1) is 9.60. The Morgan fingerprint density at radius 2 is 2.07 bits per heavy atom. The van der Waals surface area contributed by atoms with Crippen LogP contribution < -0.4 is 5.32 Å². The second-order valence-electron chi connectivity index (χ2n) is 3.83. The number of nitriles is 1. The maximum absolute atomic E-state index is 9.11. The molecule has 0 aliphatic carbocycles. The van der Waals surface area contributed by atoms with Crippen LogP contribution in [0.2, 0.25) is 0 Å². The summed E-state index contributed by atoms with van der Waals surface area (Å²) in [6.07, 6.45) is 0. The van der Waals surface area contributed by atoms with Gasteiger partial charge < -0.3 is 10.3 Å². The number of nitrogens with one attached hydrogen (secondary N) is 2. The van der Waals surface area contributed by atoms with Gasteiger partial charge in [-0.2, -0.15) is 5.26 Å². The Morgan fingerprint density at radius 3 is 2.73 bits per heavy atom. The number of anilines is 1. The lowest BCUT2D eigenvalue weighted by Gasteiger charge is -2.07. The lowest BCUT2D eigenvalue weighted by atomic mass is 10.2. The van der Waals surface area contributed by atoms with Gasteiger partial charge in [0.2, 0.25) is 0 Å². The Kier molecular flexibility index (Phi) is 2.34. The number of H-pyrrole nitrogens is 1. The molecule has 1 aromatic carbocycles. The number of nitrogens with zero attached hydrogens (tertiary/aromatic N) is 1. The largest absolute Gasteiger partial charge is 0.368 e. The summed E-state index contributed by atoms with van der Waals surface area (Å²) in [5, 5.41) is 13.3. The van der Waals surface area contributed by atoms with E-state index in [1.165, 1.54) is 0 Å². The number of fused-ring (bicyclic) bond motifs is 1. The molecule has 0 aliphatic heterocycles. The van der Waals surface area contributed by atoms with Gasteiger partial charge >= 0.3 is 0 Å². The molecule has 0 fully saturated rings. The number of aromatic amines is 1. The summed E-state index contributed by atoms with van der Waals surface area (Å²) in [6.45, 7) is 4.10. The minimum absolute atomic E-state index is 0.310. The molecule has 1 aromatic heterocycles. The highest BCUT2D eigenvalue weighted by molar-refractivity contribution is 5.91. The average molecular weight is 199 g/mol. The van der Waals surface area contributed by atoms with Gasteiger partial charge in [-0.1, -0.05) is 18.2 Å². The van der Waals surface area contributed by atoms with E-state index in [4.69, 9.17) is 5.26 Å². The minimum Gasteiger partial charge on any atom is -0.368 e. The average Bonchev–Trinajstić information content (AvgIpc) is 2.53. The van der Waals surface area contributed by atoms with Crippen LogP contribution in [-0.2, 0) is 0 Å². The van der Waals surface area contributed by atoms with Crippen molar-refractivity contribution in [3.63, 3.8) is 0 Å². The lowest BCUT2D eigenvalue weighted by Crippen LogP contribution is -2.10. The summed E-state index contributed by atoms with van der Waals surface area (Å²) >= 11 is 0. The molecule has 0 saturated heterocycles. The SMILES string of the molecule is CC(C)Nc1[nH]c2ccccc2c1C#N. The highest BCUT2D eigenvalue weighted by Crippen LogP contribution is 2.25. The van der Waals surface area contributed by atoms with E-state index in [2.05, 4.69) is 16.4 Å². The molecule has 2 aromatic rings. The number of hydrogen-bond acceptors (Lipinski definition) is 2. The van der Waals surface area contributed by atoms with Crippen LogP contribution in [0.3, 0.4) is 0 Å². The van der Waals surface area contributed by atoms with Crippen LogP contribution in [0.1, 0.15) is 19.4 Å². The zero-order valence-corrected chi connectivity index (χ0v) is 8.83. The summed E-state index contributed by atoms with van der Waals surface area (Å²) < 4.78 is 0. The fourth-order valence-corrected chi connectivity index (χ4v) is 1.66. The van der Waals surface area contributed by atoms with E-state index in [-0.39, 0.29) is 0 Å². The molecule has 0 radical (unpaired) electrons. The molecule has 0 aliphatic rings. The maximum Gasteiger partial charge on any atom is 0.122 e. The highest BCUT2D eigenvalue weighted by atomic mass is 15.0. The van der Waals surface area contributed by atoms with Crippen LogP contribution in [0.25, 0.3) is 10.9 Å². The Morgan fingerprint density at radius 1 is 1.33 bits per heavy atom. The molecule has 3 heteroatoms. The predicted molar refractivity (Wildman–Crippen MR) is 61.8 cm³/mol. The molecule has 76 valence electrons. The fourth-order valence-electron chi connectivity index (χ4n) is 1.66. The summed E-state index contributed by atoms with van der Waals surface area (Å²) in [5.41, 5.74) is 1.69. The van der Waals surface area contributed by atoms with E-state index in [9.17, 15) is 0 Å². The molecule has 0 atom stereocenters. The monoisotopic (exact) mass is 199 g/mol.